The van der Waals surface area contributed by atoms with Gasteiger partial charge < -0.3 is 28.8 Å². The van der Waals surface area contributed by atoms with Crippen molar-refractivity contribution in [1.29, 1.82) is 0 Å². The van der Waals surface area contributed by atoms with E-state index in [1.807, 2.05) is 60.7 Å². The quantitative estimate of drug-likeness (QED) is 0.193. The first kappa shape index (κ1) is 38.3. The number of nitrogens with one attached hydrogen (secondary N) is 1. The normalized spacial score (nSPS) is 25.3. The summed E-state index contributed by atoms with van der Waals surface area (Å²) in [7, 11) is -3.27. The van der Waals surface area contributed by atoms with Gasteiger partial charge in [-0.1, -0.05) is 81.4 Å². The number of H-pyrrole nitrogens is 1. The van der Waals surface area contributed by atoms with Crippen LogP contribution in [0, 0.1) is 6.92 Å². The van der Waals surface area contributed by atoms with Crippen LogP contribution in [0.1, 0.15) is 45.2 Å². The Morgan fingerprint density at radius 1 is 0.945 bits per heavy atom. The first-order valence-electron chi connectivity index (χ1n) is 17.9. The summed E-state index contributed by atoms with van der Waals surface area (Å²) in [6.07, 6.45) is -5.50. The molecule has 2 aromatic carbocycles. The molecule has 3 saturated heterocycles. The van der Waals surface area contributed by atoms with Gasteiger partial charge in [-0.3, -0.25) is 28.5 Å². The molecule has 3 aliphatic rings. The molecule has 1 amide bonds. The number of carbonyl (C=O) groups is 1. The van der Waals surface area contributed by atoms with Crippen LogP contribution in [-0.2, 0) is 30.2 Å². The van der Waals surface area contributed by atoms with Crippen molar-refractivity contribution in [3.8, 4) is 0 Å². The lowest BCUT2D eigenvalue weighted by molar-refractivity contribution is -0.226. The molecule has 3 N–H and O–H groups in total. The van der Waals surface area contributed by atoms with Crippen LogP contribution in [-0.4, -0.2) is 92.0 Å². The monoisotopic (exact) mass is 777 g/mol. The number of aliphatic hydroxyl groups excluding tert-OH is 2. The van der Waals surface area contributed by atoms with E-state index >= 15 is 0 Å². The van der Waals surface area contributed by atoms with Gasteiger partial charge in [0, 0.05) is 30.4 Å². The topological polar surface area (TPSA) is 206 Å². The minimum Gasteiger partial charge on any atom is -0.442 e. The van der Waals surface area contributed by atoms with E-state index in [2.05, 4.69) is 25.8 Å². The van der Waals surface area contributed by atoms with Gasteiger partial charge in [0.1, 0.15) is 37.4 Å². The van der Waals surface area contributed by atoms with Crippen LogP contribution in [0.3, 0.4) is 0 Å². The van der Waals surface area contributed by atoms with Crippen LogP contribution in [0.2, 0.25) is 5.04 Å². The Morgan fingerprint density at radius 3 is 2.20 bits per heavy atom. The third-order valence-corrected chi connectivity index (χ3v) is 15.4. The zero-order valence-corrected chi connectivity index (χ0v) is 31.6. The van der Waals surface area contributed by atoms with Crippen molar-refractivity contribution in [3.63, 3.8) is 0 Å². The fourth-order valence-corrected chi connectivity index (χ4v) is 12.4. The van der Waals surface area contributed by atoms with Gasteiger partial charge in [-0.05, 0) is 22.3 Å². The molecule has 0 saturated carbocycles. The molecule has 3 fully saturated rings. The Kier molecular flexibility index (Phi) is 10.4. The van der Waals surface area contributed by atoms with Crippen molar-refractivity contribution in [2.24, 2.45) is 0 Å². The predicted octanol–water partition coefficient (Wildman–Crippen LogP) is 0.0618. The second-order valence-corrected chi connectivity index (χ2v) is 19.1. The fourth-order valence-electron chi connectivity index (χ4n) is 7.70. The molecule has 55 heavy (non-hydrogen) atoms. The van der Waals surface area contributed by atoms with Gasteiger partial charge in [0.15, 0.2) is 12.3 Å². The fraction of sp³-hybridized carbons (Fsp3) is 0.432. The van der Waals surface area contributed by atoms with E-state index in [-0.39, 0.29) is 18.5 Å². The Hall–Kier alpha value is -4.95. The summed E-state index contributed by atoms with van der Waals surface area (Å²) >= 11 is 0. The number of amides is 1. The van der Waals surface area contributed by atoms with Gasteiger partial charge in [0.25, 0.3) is 19.4 Å². The van der Waals surface area contributed by atoms with Crippen molar-refractivity contribution in [3.05, 3.63) is 126 Å². The van der Waals surface area contributed by atoms with Crippen LogP contribution >= 0.6 is 0 Å². The minimum absolute atomic E-state index is 0.0279. The molecule has 18 heteroatoms. The largest absolute Gasteiger partial charge is 0.442 e. The second kappa shape index (κ2) is 14.9. The lowest BCUT2D eigenvalue weighted by Gasteiger charge is -2.47. The third-order valence-electron chi connectivity index (χ3n) is 10.4. The standard InChI is InChI=1S/C37H43N5O12Si/c1-22-18-40(34(47)38-32(22)46)29-17-25(27(20-43)50-29)52-36(49)42-19-26-30(31(53-42)33(51-26)39-16-15-28(45)41(21-44)35(39)48)54-55(37(2,3)4,23-11-7-5-8-12-23)24-13-9-6-10-14-24/h5-16,18,25-27,29-31,33,43-44H,17,19-21H2,1-4H3,(H,38,46,47)/t25-,26+,27+,29+,30+,31-,33+/m0/s1. The Bertz CT molecular complexity index is 2230. The highest BCUT2D eigenvalue weighted by Gasteiger charge is 2.60. The molecule has 0 spiro atoms. The van der Waals surface area contributed by atoms with Gasteiger partial charge in [0.05, 0.1) is 13.2 Å². The van der Waals surface area contributed by atoms with Gasteiger partial charge >= 0.3 is 17.5 Å². The van der Waals surface area contributed by atoms with Crippen LogP contribution in [0.25, 0.3) is 0 Å². The Morgan fingerprint density at radius 2 is 1.60 bits per heavy atom. The molecule has 7 atom stereocenters. The summed E-state index contributed by atoms with van der Waals surface area (Å²) in [4.78, 5) is 73.0. The number of hydrogen-bond acceptors (Lipinski definition) is 12. The number of ether oxygens (including phenoxy) is 3. The molecule has 2 aromatic heterocycles. The molecule has 0 radical (unpaired) electrons. The average molecular weight is 778 g/mol. The van der Waals surface area contributed by atoms with Crippen molar-refractivity contribution in [2.45, 2.75) is 88.9 Å². The lowest BCUT2D eigenvalue weighted by atomic mass is 10.1. The van der Waals surface area contributed by atoms with Crippen molar-refractivity contribution >= 4 is 24.8 Å². The minimum atomic E-state index is -3.27. The van der Waals surface area contributed by atoms with Gasteiger partial charge in [-0.2, -0.15) is 5.06 Å². The third kappa shape index (κ3) is 6.83. The molecule has 0 aliphatic carbocycles. The summed E-state index contributed by atoms with van der Waals surface area (Å²) in [5, 5.41) is 22.4. The number of fused-ring (bicyclic) bond motifs is 2. The molecule has 4 aromatic rings. The SMILES string of the molecule is Cc1cn([C@H]2C[C@H](OC(=O)N3C[C@H]4O[C@@H](n5ccc(=O)n(CO)c5=O)[C@@H](O3)[C@@H]4O[Si](c3ccccc3)(c3ccccc3)C(C)(C)C)[C@@H](CO)O2)c(=O)[nH]c1=O. The number of aliphatic hydroxyl groups is 2. The molecular weight excluding hydrogens is 735 g/mol. The molecule has 3 aliphatic heterocycles. The maximum Gasteiger partial charge on any atom is 0.434 e. The number of benzene rings is 2. The Labute approximate surface area is 314 Å². The average Bonchev–Trinajstić information content (AvgIpc) is 3.65. The molecule has 7 rings (SSSR count). The maximum absolute atomic E-state index is 13.9. The van der Waals surface area contributed by atoms with Gasteiger partial charge in [0.2, 0.25) is 0 Å². The number of aromatic nitrogens is 4. The van der Waals surface area contributed by atoms with Crippen LogP contribution in [0.4, 0.5) is 4.79 Å². The number of hydrogen-bond donors (Lipinski definition) is 3. The number of aromatic amines is 1. The number of aryl methyl sites for hydroxylation is 1. The van der Waals surface area contributed by atoms with E-state index in [1.54, 1.807) is 0 Å². The van der Waals surface area contributed by atoms with Crippen LogP contribution < -0.4 is 32.9 Å². The zero-order chi connectivity index (χ0) is 39.2. The summed E-state index contributed by atoms with van der Waals surface area (Å²) < 4.78 is 28.5. The summed E-state index contributed by atoms with van der Waals surface area (Å²) in [5.41, 5.74) is -2.58. The number of carbonyl (C=O) groups excluding carboxylic acids is 1. The molecule has 2 bridgehead atoms. The van der Waals surface area contributed by atoms with Gasteiger partial charge in [-0.25, -0.2) is 19.0 Å². The van der Waals surface area contributed by atoms with E-state index in [4.69, 9.17) is 23.5 Å². The van der Waals surface area contributed by atoms with Crippen LogP contribution in [0.15, 0.2) is 98.3 Å². The number of rotatable bonds is 9. The lowest BCUT2D eigenvalue weighted by Crippen LogP contribution is -2.70. The highest BCUT2D eigenvalue weighted by molar-refractivity contribution is 6.99. The summed E-state index contributed by atoms with van der Waals surface area (Å²) in [5.74, 6) is 0. The van der Waals surface area contributed by atoms with E-state index in [1.165, 1.54) is 23.9 Å². The van der Waals surface area contributed by atoms with E-state index in [0.29, 0.717) is 4.57 Å². The van der Waals surface area contributed by atoms with E-state index in [9.17, 15) is 34.2 Å². The first-order valence-corrected chi connectivity index (χ1v) is 19.8. The summed E-state index contributed by atoms with van der Waals surface area (Å²) in [6.45, 7) is 6.21. The predicted molar refractivity (Wildman–Crippen MR) is 197 cm³/mol. The van der Waals surface area contributed by atoms with Crippen molar-refractivity contribution in [1.82, 2.24) is 23.7 Å². The van der Waals surface area contributed by atoms with Gasteiger partial charge in [-0.15, -0.1) is 0 Å². The van der Waals surface area contributed by atoms with E-state index in [0.717, 1.165) is 26.1 Å². The van der Waals surface area contributed by atoms with Crippen LogP contribution in [0.5, 0.6) is 0 Å². The van der Waals surface area contributed by atoms with Crippen molar-refractivity contribution in [2.75, 3.05) is 13.2 Å². The second-order valence-electron chi connectivity index (χ2n) is 14.8. The highest BCUT2D eigenvalue weighted by atomic mass is 28.4. The molecule has 0 unspecified atom stereocenters. The molecule has 17 nitrogen and oxygen atoms in total. The molecular formula is C37H43N5O12Si. The zero-order valence-electron chi connectivity index (χ0n) is 30.6. The highest BCUT2D eigenvalue weighted by Crippen LogP contribution is 2.44. The molecule has 5 heterocycles. The number of nitrogens with zero attached hydrogens (tertiary/aromatic N) is 4. The van der Waals surface area contributed by atoms with Crippen molar-refractivity contribution < 1.29 is 38.5 Å². The smallest absolute Gasteiger partial charge is 0.434 e. The first-order chi connectivity index (χ1) is 26.3. The maximum atomic E-state index is 13.9. The Balaban J connectivity index is 1.23. The molecule has 292 valence electrons. The summed E-state index contributed by atoms with van der Waals surface area (Å²) in [6, 6.07) is 20.8. The number of hydroxylamine groups is 2. The van der Waals surface area contributed by atoms with E-state index < -0.39 is 98.3 Å².